The molecule has 2 N–H and O–H groups in total. The molecule has 0 aliphatic carbocycles. The Hall–Kier alpha value is -0.820. The molecule has 0 saturated carbocycles. The van der Waals surface area contributed by atoms with Crippen molar-refractivity contribution in [2.75, 3.05) is 0 Å². The van der Waals surface area contributed by atoms with Gasteiger partial charge in [-0.3, -0.25) is 0 Å². The van der Waals surface area contributed by atoms with Crippen molar-refractivity contribution in [1.29, 1.82) is 5.26 Å². The summed E-state index contributed by atoms with van der Waals surface area (Å²) in [5.41, 5.74) is 6.28. The maximum Gasteiger partial charge on any atom is 0.133 e. The van der Waals surface area contributed by atoms with E-state index >= 15 is 0 Å². The summed E-state index contributed by atoms with van der Waals surface area (Å²) in [6, 6.07) is 3.15. The number of halogens is 2. The monoisotopic (exact) mass is 215 g/mol. The van der Waals surface area contributed by atoms with Gasteiger partial charge >= 0.3 is 0 Å². The third-order valence-electron chi connectivity index (χ3n) is 1.54. The topological polar surface area (TPSA) is 62.7 Å². The molecule has 0 unspecified atom stereocenters. The van der Waals surface area contributed by atoms with Crippen molar-refractivity contribution in [3.63, 3.8) is 0 Å². The fraction of sp³-hybridized carbons (Fsp3) is 0.250. The van der Waals surface area contributed by atoms with Crippen LogP contribution in [0.1, 0.15) is 18.0 Å². The lowest BCUT2D eigenvalue weighted by Gasteiger charge is -2.08. The molecule has 0 bridgehead atoms. The van der Waals surface area contributed by atoms with Crippen LogP contribution in [0, 0.1) is 11.3 Å². The summed E-state index contributed by atoms with van der Waals surface area (Å²) in [7, 11) is 0. The third-order valence-corrected chi connectivity index (χ3v) is 2.07. The van der Waals surface area contributed by atoms with Crippen molar-refractivity contribution in [2.24, 2.45) is 5.73 Å². The zero-order valence-corrected chi connectivity index (χ0v) is 8.18. The average molecular weight is 216 g/mol. The SMILES string of the molecule is N#CC[C@H](N)c1cc(Cl)cnc1Cl. The number of hydrogen-bond acceptors (Lipinski definition) is 3. The smallest absolute Gasteiger partial charge is 0.133 e. The summed E-state index contributed by atoms with van der Waals surface area (Å²) in [5.74, 6) is 0. The molecule has 0 amide bonds. The summed E-state index contributed by atoms with van der Waals surface area (Å²) >= 11 is 11.5. The Kier molecular flexibility index (Phi) is 3.49. The van der Waals surface area contributed by atoms with Gasteiger partial charge in [0.05, 0.1) is 17.5 Å². The van der Waals surface area contributed by atoms with Crippen molar-refractivity contribution in [2.45, 2.75) is 12.5 Å². The maximum atomic E-state index is 8.43. The van der Waals surface area contributed by atoms with Crippen LogP contribution >= 0.6 is 23.2 Å². The average Bonchev–Trinajstić information content (AvgIpc) is 2.09. The molecule has 0 fully saturated rings. The molecule has 1 aromatic rings. The van der Waals surface area contributed by atoms with Gasteiger partial charge < -0.3 is 5.73 Å². The highest BCUT2D eigenvalue weighted by molar-refractivity contribution is 6.32. The number of nitriles is 1. The van der Waals surface area contributed by atoms with Crippen molar-refractivity contribution in [3.8, 4) is 6.07 Å². The quantitative estimate of drug-likeness (QED) is 0.771. The Morgan fingerprint density at radius 3 is 2.92 bits per heavy atom. The molecule has 1 rings (SSSR count). The second-order valence-electron chi connectivity index (χ2n) is 2.50. The number of nitrogens with two attached hydrogens (primary N) is 1. The molecule has 0 aromatic carbocycles. The molecule has 0 aliphatic rings. The minimum Gasteiger partial charge on any atom is -0.323 e. The van der Waals surface area contributed by atoms with Crippen LogP contribution in [0.25, 0.3) is 0 Å². The van der Waals surface area contributed by atoms with E-state index < -0.39 is 6.04 Å². The predicted molar refractivity (Wildman–Crippen MR) is 51.4 cm³/mol. The summed E-state index contributed by atoms with van der Waals surface area (Å²) < 4.78 is 0. The molecule has 13 heavy (non-hydrogen) atoms. The van der Waals surface area contributed by atoms with Crippen LogP contribution in [0.15, 0.2) is 12.3 Å². The minimum atomic E-state index is -0.427. The molecule has 1 aromatic heterocycles. The molecular formula is C8H7Cl2N3. The third kappa shape index (κ3) is 2.56. The van der Waals surface area contributed by atoms with Gasteiger partial charge in [0.15, 0.2) is 0 Å². The Balaban J connectivity index is 3.00. The van der Waals surface area contributed by atoms with Gasteiger partial charge in [-0.05, 0) is 6.07 Å². The Labute approximate surface area is 86.1 Å². The van der Waals surface area contributed by atoms with E-state index in [0.29, 0.717) is 15.7 Å². The molecular weight excluding hydrogens is 209 g/mol. The fourth-order valence-corrected chi connectivity index (χ4v) is 1.32. The van der Waals surface area contributed by atoms with Gasteiger partial charge in [0, 0.05) is 17.8 Å². The van der Waals surface area contributed by atoms with E-state index in [1.165, 1.54) is 6.20 Å². The highest BCUT2D eigenvalue weighted by Crippen LogP contribution is 2.24. The lowest BCUT2D eigenvalue weighted by Crippen LogP contribution is -2.10. The Bertz CT molecular complexity index is 346. The first-order chi connectivity index (χ1) is 6.15. The first-order valence-electron chi connectivity index (χ1n) is 3.58. The van der Waals surface area contributed by atoms with Gasteiger partial charge in [-0.15, -0.1) is 0 Å². The van der Waals surface area contributed by atoms with E-state index in [0.717, 1.165) is 0 Å². The van der Waals surface area contributed by atoms with Crippen molar-refractivity contribution >= 4 is 23.2 Å². The number of hydrogen-bond donors (Lipinski definition) is 1. The lowest BCUT2D eigenvalue weighted by molar-refractivity contribution is 0.744. The summed E-state index contributed by atoms with van der Waals surface area (Å²) in [6.07, 6.45) is 1.63. The molecule has 1 heterocycles. The molecule has 3 nitrogen and oxygen atoms in total. The second-order valence-corrected chi connectivity index (χ2v) is 3.30. The van der Waals surface area contributed by atoms with E-state index in [9.17, 15) is 0 Å². The second kappa shape index (κ2) is 4.43. The molecule has 1 atom stereocenters. The molecule has 5 heteroatoms. The molecule has 0 saturated heterocycles. The molecule has 0 spiro atoms. The van der Waals surface area contributed by atoms with Crippen molar-refractivity contribution in [1.82, 2.24) is 4.98 Å². The van der Waals surface area contributed by atoms with E-state index in [1.807, 2.05) is 6.07 Å². The van der Waals surface area contributed by atoms with Gasteiger partial charge in [0.25, 0.3) is 0 Å². The molecule has 0 aliphatic heterocycles. The highest BCUT2D eigenvalue weighted by atomic mass is 35.5. The van der Waals surface area contributed by atoms with E-state index in [2.05, 4.69) is 4.98 Å². The predicted octanol–water partition coefficient (Wildman–Crippen LogP) is 2.30. The van der Waals surface area contributed by atoms with Gasteiger partial charge in [0.1, 0.15) is 5.15 Å². The van der Waals surface area contributed by atoms with Gasteiger partial charge in [-0.1, -0.05) is 23.2 Å². The summed E-state index contributed by atoms with van der Waals surface area (Å²) in [4.78, 5) is 3.83. The van der Waals surface area contributed by atoms with E-state index in [4.69, 9.17) is 34.2 Å². The van der Waals surface area contributed by atoms with E-state index in [1.54, 1.807) is 6.07 Å². The van der Waals surface area contributed by atoms with Crippen LogP contribution in [0.4, 0.5) is 0 Å². The van der Waals surface area contributed by atoms with Gasteiger partial charge in [-0.25, -0.2) is 4.98 Å². The zero-order chi connectivity index (χ0) is 9.84. The number of rotatable bonds is 2. The zero-order valence-electron chi connectivity index (χ0n) is 6.67. The standard InChI is InChI=1S/C8H7Cl2N3/c9-5-3-6(7(12)1-2-11)8(10)13-4-5/h3-4,7H,1,12H2/t7-/m0/s1. The summed E-state index contributed by atoms with van der Waals surface area (Å²) in [5, 5.41) is 9.20. The van der Waals surface area contributed by atoms with E-state index in [-0.39, 0.29) is 6.42 Å². The van der Waals surface area contributed by atoms with Crippen LogP contribution in [-0.2, 0) is 0 Å². The van der Waals surface area contributed by atoms with Gasteiger partial charge in [0.2, 0.25) is 0 Å². The molecule has 68 valence electrons. The maximum absolute atomic E-state index is 8.43. The van der Waals surface area contributed by atoms with Crippen LogP contribution < -0.4 is 5.73 Å². The minimum absolute atomic E-state index is 0.196. The first kappa shape index (κ1) is 10.3. The fourth-order valence-electron chi connectivity index (χ4n) is 0.907. The van der Waals surface area contributed by atoms with Crippen LogP contribution in [0.3, 0.4) is 0 Å². The van der Waals surface area contributed by atoms with Crippen LogP contribution in [0.2, 0.25) is 10.2 Å². The molecule has 0 radical (unpaired) electrons. The van der Waals surface area contributed by atoms with Crippen LogP contribution in [0.5, 0.6) is 0 Å². The largest absolute Gasteiger partial charge is 0.323 e. The number of pyridine rings is 1. The highest BCUT2D eigenvalue weighted by Gasteiger charge is 2.11. The number of aromatic nitrogens is 1. The Morgan fingerprint density at radius 1 is 1.62 bits per heavy atom. The Morgan fingerprint density at radius 2 is 2.31 bits per heavy atom. The van der Waals surface area contributed by atoms with Crippen LogP contribution in [-0.4, -0.2) is 4.98 Å². The van der Waals surface area contributed by atoms with Crippen molar-refractivity contribution in [3.05, 3.63) is 28.0 Å². The van der Waals surface area contributed by atoms with Crippen molar-refractivity contribution < 1.29 is 0 Å². The summed E-state index contributed by atoms with van der Waals surface area (Å²) in [6.45, 7) is 0. The number of nitrogens with zero attached hydrogens (tertiary/aromatic N) is 2. The lowest BCUT2D eigenvalue weighted by atomic mass is 10.1. The first-order valence-corrected chi connectivity index (χ1v) is 4.34. The normalized spacial score (nSPS) is 12.2. The van der Waals surface area contributed by atoms with Gasteiger partial charge in [-0.2, -0.15) is 5.26 Å².